The molecule has 0 fully saturated rings. The first kappa shape index (κ1) is 32.1. The van der Waals surface area contributed by atoms with Crippen molar-refractivity contribution in [2.24, 2.45) is 17.8 Å². The van der Waals surface area contributed by atoms with Gasteiger partial charge in [0.1, 0.15) is 12.6 Å². The molecule has 1 aromatic carbocycles. The van der Waals surface area contributed by atoms with Crippen molar-refractivity contribution < 1.29 is 23.9 Å². The normalized spacial score (nSPS) is 14.1. The molecule has 0 aromatic heterocycles. The monoisotopic (exact) mass is 517 g/mol. The Hall–Kier alpha value is -2.90. The molecule has 0 aliphatic rings. The van der Waals surface area contributed by atoms with Crippen molar-refractivity contribution in [1.29, 1.82) is 0 Å². The highest BCUT2D eigenvalue weighted by molar-refractivity contribution is 5.89. The summed E-state index contributed by atoms with van der Waals surface area (Å²) in [5.74, 6) is -1.67. The Balaban J connectivity index is 3.17. The number of benzene rings is 1. The minimum atomic E-state index is -0.731. The van der Waals surface area contributed by atoms with Crippen LogP contribution < -0.4 is 5.32 Å². The van der Waals surface area contributed by atoms with Crippen molar-refractivity contribution in [2.45, 2.75) is 79.3 Å². The lowest BCUT2D eigenvalue weighted by atomic mass is 9.71. The van der Waals surface area contributed by atoms with Gasteiger partial charge in [-0.25, -0.2) is 0 Å². The average Bonchev–Trinajstić information content (AvgIpc) is 2.84. The SMILES string of the molecule is CC[C@H](C(=O)N[C@H](C(=O)N(C)[C@H](CN(CC(=O)OC)C(C)=O)C(C)C)C(C)C)C(C)(C)c1ccccc1. The molecule has 8 heteroatoms. The lowest BCUT2D eigenvalue weighted by molar-refractivity contribution is -0.148. The minimum Gasteiger partial charge on any atom is -0.468 e. The maximum absolute atomic E-state index is 13.7. The molecule has 3 atom stereocenters. The predicted molar refractivity (Wildman–Crippen MR) is 146 cm³/mol. The lowest BCUT2D eigenvalue weighted by Gasteiger charge is -2.39. The molecule has 3 amide bonds. The van der Waals surface area contributed by atoms with E-state index in [0.717, 1.165) is 5.56 Å². The third-order valence-electron chi connectivity index (χ3n) is 7.36. The van der Waals surface area contributed by atoms with E-state index in [1.807, 2.05) is 65.0 Å². The number of nitrogens with zero attached hydrogens (tertiary/aromatic N) is 2. The zero-order valence-corrected chi connectivity index (χ0v) is 24.3. The molecule has 0 unspecified atom stereocenters. The van der Waals surface area contributed by atoms with Crippen molar-refractivity contribution >= 4 is 23.7 Å². The van der Waals surface area contributed by atoms with Crippen molar-refractivity contribution in [1.82, 2.24) is 15.1 Å². The largest absolute Gasteiger partial charge is 0.468 e. The summed E-state index contributed by atoms with van der Waals surface area (Å²) in [5, 5.41) is 3.05. The van der Waals surface area contributed by atoms with Gasteiger partial charge in [0.15, 0.2) is 0 Å². The van der Waals surface area contributed by atoms with Gasteiger partial charge in [-0.3, -0.25) is 19.2 Å². The molecular weight excluding hydrogens is 470 g/mol. The number of hydrogen-bond acceptors (Lipinski definition) is 5. The summed E-state index contributed by atoms with van der Waals surface area (Å²) < 4.78 is 4.73. The summed E-state index contributed by atoms with van der Waals surface area (Å²) in [6.45, 7) is 15.2. The second kappa shape index (κ2) is 14.1. The molecule has 0 radical (unpaired) electrons. The van der Waals surface area contributed by atoms with Gasteiger partial charge < -0.3 is 19.9 Å². The van der Waals surface area contributed by atoms with E-state index < -0.39 is 17.4 Å². The molecule has 0 aliphatic carbocycles. The van der Waals surface area contributed by atoms with Crippen LogP contribution in [0, 0.1) is 17.8 Å². The van der Waals surface area contributed by atoms with Gasteiger partial charge in [-0.05, 0) is 23.8 Å². The molecule has 0 heterocycles. The fourth-order valence-corrected chi connectivity index (χ4v) is 4.77. The van der Waals surface area contributed by atoms with Crippen LogP contribution in [0.1, 0.15) is 67.4 Å². The summed E-state index contributed by atoms with van der Waals surface area (Å²) in [6, 6.07) is 8.84. The number of amides is 3. The zero-order valence-electron chi connectivity index (χ0n) is 24.3. The number of methoxy groups -OCH3 is 1. The molecule has 37 heavy (non-hydrogen) atoms. The van der Waals surface area contributed by atoms with E-state index in [1.54, 1.807) is 11.9 Å². The van der Waals surface area contributed by atoms with Crippen LogP contribution >= 0.6 is 0 Å². The summed E-state index contributed by atoms with van der Waals surface area (Å²) in [7, 11) is 2.96. The van der Waals surface area contributed by atoms with Crippen LogP contribution in [0.15, 0.2) is 30.3 Å². The number of nitrogens with one attached hydrogen (secondary N) is 1. The summed E-state index contributed by atoms with van der Waals surface area (Å²) >= 11 is 0. The van der Waals surface area contributed by atoms with Crippen LogP contribution in [0.4, 0.5) is 0 Å². The van der Waals surface area contributed by atoms with E-state index in [1.165, 1.54) is 18.9 Å². The highest BCUT2D eigenvalue weighted by atomic mass is 16.5. The van der Waals surface area contributed by atoms with Crippen molar-refractivity contribution in [3.05, 3.63) is 35.9 Å². The fourth-order valence-electron chi connectivity index (χ4n) is 4.77. The first-order valence-electron chi connectivity index (χ1n) is 13.1. The summed E-state index contributed by atoms with van der Waals surface area (Å²) in [6.07, 6.45) is 0.623. The second-order valence-corrected chi connectivity index (χ2v) is 11.0. The number of carbonyl (C=O) groups is 4. The Morgan fingerprint density at radius 3 is 2.00 bits per heavy atom. The molecule has 0 spiro atoms. The van der Waals surface area contributed by atoms with E-state index in [2.05, 4.69) is 19.2 Å². The molecule has 0 saturated carbocycles. The zero-order chi connectivity index (χ0) is 28.5. The van der Waals surface area contributed by atoms with Gasteiger partial charge in [0.2, 0.25) is 17.7 Å². The third-order valence-corrected chi connectivity index (χ3v) is 7.36. The van der Waals surface area contributed by atoms with Crippen molar-refractivity contribution in [3.8, 4) is 0 Å². The van der Waals surface area contributed by atoms with Gasteiger partial charge in [0.05, 0.1) is 13.2 Å². The Kier molecular flexibility index (Phi) is 12.3. The van der Waals surface area contributed by atoms with E-state index in [9.17, 15) is 19.2 Å². The van der Waals surface area contributed by atoms with E-state index in [0.29, 0.717) is 6.42 Å². The predicted octanol–water partition coefficient (Wildman–Crippen LogP) is 3.64. The molecule has 0 aliphatic heterocycles. The second-order valence-electron chi connectivity index (χ2n) is 11.0. The number of esters is 1. The molecule has 8 nitrogen and oxygen atoms in total. The minimum absolute atomic E-state index is 0.00244. The number of rotatable bonds is 13. The topological polar surface area (TPSA) is 96.0 Å². The summed E-state index contributed by atoms with van der Waals surface area (Å²) in [4.78, 5) is 54.4. The molecule has 1 N–H and O–H groups in total. The molecule has 1 rings (SSSR count). The Morgan fingerprint density at radius 1 is 1.00 bits per heavy atom. The Morgan fingerprint density at radius 2 is 1.57 bits per heavy atom. The first-order chi connectivity index (χ1) is 17.2. The molecular formula is C29H47N3O5. The molecule has 0 saturated heterocycles. The maximum Gasteiger partial charge on any atom is 0.325 e. The van der Waals surface area contributed by atoms with E-state index >= 15 is 0 Å². The quantitative estimate of drug-likeness (QED) is 0.403. The van der Waals surface area contributed by atoms with Crippen molar-refractivity contribution in [2.75, 3.05) is 27.2 Å². The highest BCUT2D eigenvalue weighted by Crippen LogP contribution is 2.34. The Bertz CT molecular complexity index is 913. The summed E-state index contributed by atoms with van der Waals surface area (Å²) in [5.41, 5.74) is 0.642. The van der Waals surface area contributed by atoms with Gasteiger partial charge >= 0.3 is 5.97 Å². The maximum atomic E-state index is 13.7. The van der Waals surface area contributed by atoms with Crippen LogP contribution in [-0.2, 0) is 29.3 Å². The lowest BCUT2D eigenvalue weighted by Crippen LogP contribution is -2.58. The average molecular weight is 518 g/mol. The van der Waals surface area contributed by atoms with Gasteiger partial charge in [-0.15, -0.1) is 0 Å². The van der Waals surface area contributed by atoms with Crippen molar-refractivity contribution in [3.63, 3.8) is 0 Å². The highest BCUT2D eigenvalue weighted by Gasteiger charge is 2.39. The number of carbonyl (C=O) groups excluding carboxylic acids is 4. The standard InChI is InChI=1S/C29H47N3O5/c1-11-23(29(7,8)22-15-13-12-14-16-22)27(35)30-26(20(4)5)28(36)31(9)24(19(2)3)17-32(21(6)33)18-25(34)37-10/h12-16,19-20,23-24,26H,11,17-18H2,1-10H3,(H,30,35)/t23-,24-,26+/m1/s1. The first-order valence-corrected chi connectivity index (χ1v) is 13.1. The molecule has 0 bridgehead atoms. The fraction of sp³-hybridized carbons (Fsp3) is 0.655. The Labute approximate surface area is 223 Å². The van der Waals surface area contributed by atoms with Gasteiger partial charge in [0, 0.05) is 31.8 Å². The van der Waals surface area contributed by atoms with Crippen LogP contribution in [-0.4, -0.2) is 72.8 Å². The third kappa shape index (κ3) is 8.58. The van der Waals surface area contributed by atoms with Gasteiger partial charge in [-0.2, -0.15) is 0 Å². The van der Waals surface area contributed by atoms with Crippen LogP contribution in [0.5, 0.6) is 0 Å². The number of likely N-dealkylation sites (N-methyl/N-ethyl adjacent to an activating group) is 1. The molecule has 208 valence electrons. The van der Waals surface area contributed by atoms with Crippen LogP contribution in [0.25, 0.3) is 0 Å². The van der Waals surface area contributed by atoms with Gasteiger partial charge in [-0.1, -0.05) is 78.8 Å². The van der Waals surface area contributed by atoms with Gasteiger partial charge in [0.25, 0.3) is 0 Å². The molecule has 1 aromatic rings. The van der Waals surface area contributed by atoms with Crippen LogP contribution in [0.3, 0.4) is 0 Å². The van der Waals surface area contributed by atoms with E-state index in [-0.39, 0.29) is 54.6 Å². The smallest absolute Gasteiger partial charge is 0.325 e. The number of ether oxygens (including phenoxy) is 1. The van der Waals surface area contributed by atoms with Crippen LogP contribution in [0.2, 0.25) is 0 Å². The number of hydrogen-bond donors (Lipinski definition) is 1. The van der Waals surface area contributed by atoms with E-state index in [4.69, 9.17) is 4.74 Å².